The van der Waals surface area contributed by atoms with Crippen LogP contribution in [-0.4, -0.2) is 27.6 Å². The molecule has 0 unspecified atom stereocenters. The van der Waals surface area contributed by atoms with Crippen LogP contribution < -0.4 is 4.74 Å². The summed E-state index contributed by atoms with van der Waals surface area (Å²) in [7, 11) is 0. The Morgan fingerprint density at radius 1 is 0.933 bits per heavy atom. The van der Waals surface area contributed by atoms with Crippen LogP contribution in [0, 0.1) is 24.5 Å². The molecule has 0 amide bonds. The number of aromatic nitrogens is 2. The van der Waals surface area contributed by atoms with E-state index >= 15 is 0 Å². The first-order chi connectivity index (χ1) is 20.6. The van der Waals surface area contributed by atoms with Gasteiger partial charge in [0.2, 0.25) is 0 Å². The fraction of sp³-hybridized carbons (Fsp3) is 0.385. The molecule has 0 bridgehead atoms. The Bertz CT molecular complexity index is 1920. The second kappa shape index (κ2) is 11.7. The van der Waals surface area contributed by atoms with Crippen molar-refractivity contribution >= 4 is 27.8 Å². The van der Waals surface area contributed by atoms with Crippen molar-refractivity contribution in [2.75, 3.05) is 6.61 Å². The summed E-state index contributed by atoms with van der Waals surface area (Å²) < 4.78 is 14.9. The molecule has 2 aromatic heterocycles. The molecule has 0 radical (unpaired) electrons. The van der Waals surface area contributed by atoms with Crippen molar-refractivity contribution in [2.45, 2.75) is 86.1 Å². The van der Waals surface area contributed by atoms with Crippen molar-refractivity contribution in [1.29, 1.82) is 0 Å². The summed E-state index contributed by atoms with van der Waals surface area (Å²) in [5, 5.41) is 2.30. The maximum Gasteiger partial charge on any atom is 2.00 e. The summed E-state index contributed by atoms with van der Waals surface area (Å²) in [4.78, 5) is 9.86. The predicted molar refractivity (Wildman–Crippen MR) is 181 cm³/mol. The van der Waals surface area contributed by atoms with Gasteiger partial charge in [-0.2, -0.15) is 5.56 Å². The van der Waals surface area contributed by atoms with Crippen molar-refractivity contribution in [3.63, 3.8) is 0 Å². The molecule has 236 valence electrons. The molecule has 1 aliphatic rings. The van der Waals surface area contributed by atoms with Gasteiger partial charge in [0, 0.05) is 28.5 Å². The number of rotatable bonds is 5. The average molecular weight is 781 g/mol. The zero-order valence-corrected chi connectivity index (χ0v) is 30.3. The molecule has 0 aliphatic carbocycles. The first-order valence-corrected chi connectivity index (χ1v) is 15.6. The number of pyridine rings is 1. The molecule has 3 aromatic carbocycles. The molecule has 6 rings (SSSR count). The SMILES string of the molecule is Cc1cc(Oc2[c-]c(C3=N[C@](C)(C(C)(C)C)CO3)cc(C(C)C)c2)[c-]c(-n2c3ccc(C(C)(C)C)cc3c3cccnc32)c1.[Pt+2]. The standard InChI is InChI=1S/C39H43N3O2.Pt/c1-24(2)26-18-27(36-41-39(10,23-43-36)38(7,8)9)20-31(19-26)44-30-17-25(3)16-29(22-30)42-34-14-13-28(37(4,5)6)21-33(34)32-12-11-15-40-35(32)42;/h11-19,21,24H,23H2,1-10H3;/q-2;+2/t39-;/m0./s1. The zero-order chi connectivity index (χ0) is 31.6. The molecule has 5 aromatic rings. The minimum absolute atomic E-state index is 0. The molecule has 1 atom stereocenters. The molecular formula is C39H43N3O2Pt. The molecule has 3 heterocycles. The minimum atomic E-state index is -0.311. The normalized spacial score (nSPS) is 17.0. The molecule has 0 N–H and O–H groups in total. The Labute approximate surface area is 282 Å². The van der Waals surface area contributed by atoms with Gasteiger partial charge < -0.3 is 14.0 Å². The van der Waals surface area contributed by atoms with E-state index in [9.17, 15) is 0 Å². The molecule has 6 heteroatoms. The van der Waals surface area contributed by atoms with Gasteiger partial charge in [0.25, 0.3) is 0 Å². The van der Waals surface area contributed by atoms with Gasteiger partial charge in [-0.25, -0.2) is 4.98 Å². The average Bonchev–Trinajstić information content (AvgIpc) is 3.51. The van der Waals surface area contributed by atoms with Crippen molar-refractivity contribution in [3.8, 4) is 17.2 Å². The Balaban J connectivity index is 0.00000400. The summed E-state index contributed by atoms with van der Waals surface area (Å²) in [6, 6.07) is 26.2. The van der Waals surface area contributed by atoms with E-state index in [0.29, 0.717) is 29.9 Å². The Morgan fingerprint density at radius 3 is 2.33 bits per heavy atom. The molecule has 0 spiro atoms. The van der Waals surface area contributed by atoms with Gasteiger partial charge in [-0.15, -0.1) is 29.8 Å². The van der Waals surface area contributed by atoms with E-state index in [-0.39, 0.29) is 37.4 Å². The monoisotopic (exact) mass is 780 g/mol. The predicted octanol–water partition coefficient (Wildman–Crippen LogP) is 9.88. The number of aryl methyl sites for hydroxylation is 1. The summed E-state index contributed by atoms with van der Waals surface area (Å²) in [6.45, 7) is 22.5. The van der Waals surface area contributed by atoms with Crippen LogP contribution in [0.15, 0.2) is 65.8 Å². The van der Waals surface area contributed by atoms with Gasteiger partial charge in [-0.1, -0.05) is 91.8 Å². The third-order valence-electron chi connectivity index (χ3n) is 9.05. The van der Waals surface area contributed by atoms with Gasteiger partial charge in [0.05, 0.1) is 11.1 Å². The molecule has 0 fully saturated rings. The van der Waals surface area contributed by atoms with Crippen molar-refractivity contribution in [1.82, 2.24) is 9.55 Å². The first-order valence-electron chi connectivity index (χ1n) is 15.6. The second-order valence-corrected chi connectivity index (χ2v) is 14.8. The molecular weight excluding hydrogens is 738 g/mol. The van der Waals surface area contributed by atoms with Crippen LogP contribution in [0.4, 0.5) is 0 Å². The molecule has 0 saturated heterocycles. The summed E-state index contributed by atoms with van der Waals surface area (Å²) in [5.41, 5.74) is 6.88. The summed E-state index contributed by atoms with van der Waals surface area (Å²) >= 11 is 0. The fourth-order valence-corrected chi connectivity index (χ4v) is 5.60. The number of hydrogen-bond donors (Lipinski definition) is 0. The first kappa shape index (κ1) is 32.9. The summed E-state index contributed by atoms with van der Waals surface area (Å²) in [5.74, 6) is 2.15. The largest absolute Gasteiger partial charge is 2.00 e. The molecule has 45 heavy (non-hydrogen) atoms. The van der Waals surface area contributed by atoms with E-state index in [1.165, 1.54) is 10.9 Å². The van der Waals surface area contributed by atoms with E-state index in [1.54, 1.807) is 0 Å². The summed E-state index contributed by atoms with van der Waals surface area (Å²) in [6.07, 6.45) is 1.85. The number of hydrogen-bond acceptors (Lipinski definition) is 4. The van der Waals surface area contributed by atoms with Gasteiger partial charge in [0.1, 0.15) is 18.2 Å². The van der Waals surface area contributed by atoms with Gasteiger partial charge >= 0.3 is 21.1 Å². The van der Waals surface area contributed by atoms with E-state index in [1.807, 2.05) is 18.3 Å². The van der Waals surface area contributed by atoms with Crippen LogP contribution >= 0.6 is 0 Å². The topological polar surface area (TPSA) is 48.6 Å². The maximum atomic E-state index is 6.54. The Hall–Kier alpha value is -3.43. The number of aliphatic imine (C=N–C) groups is 1. The third-order valence-corrected chi connectivity index (χ3v) is 9.05. The van der Waals surface area contributed by atoms with Crippen LogP contribution in [0.2, 0.25) is 0 Å². The van der Waals surface area contributed by atoms with Crippen LogP contribution in [-0.2, 0) is 31.2 Å². The number of nitrogens with zero attached hydrogens (tertiary/aromatic N) is 3. The smallest absolute Gasteiger partial charge is 0.518 e. The Kier molecular flexibility index (Phi) is 8.59. The minimum Gasteiger partial charge on any atom is -0.518 e. The van der Waals surface area contributed by atoms with E-state index in [2.05, 4.69) is 128 Å². The van der Waals surface area contributed by atoms with Gasteiger partial charge in [0.15, 0.2) is 0 Å². The molecule has 1 aliphatic heterocycles. The number of fused-ring (bicyclic) bond motifs is 3. The van der Waals surface area contributed by atoms with Crippen molar-refractivity contribution < 1.29 is 30.5 Å². The quantitative estimate of drug-likeness (QED) is 0.167. The molecule has 5 nitrogen and oxygen atoms in total. The third kappa shape index (κ3) is 6.21. The van der Waals surface area contributed by atoms with E-state index < -0.39 is 0 Å². The van der Waals surface area contributed by atoms with Crippen LogP contribution in [0.1, 0.15) is 90.5 Å². The zero-order valence-electron chi connectivity index (χ0n) is 28.0. The molecule has 0 saturated carbocycles. The van der Waals surface area contributed by atoms with Crippen LogP contribution in [0.5, 0.6) is 11.5 Å². The number of ether oxygens (including phenoxy) is 2. The Morgan fingerprint density at radius 2 is 1.67 bits per heavy atom. The maximum absolute atomic E-state index is 6.54. The second-order valence-electron chi connectivity index (χ2n) is 14.8. The van der Waals surface area contributed by atoms with E-state index in [4.69, 9.17) is 19.5 Å². The van der Waals surface area contributed by atoms with Crippen molar-refractivity contribution in [2.24, 2.45) is 10.4 Å². The van der Waals surface area contributed by atoms with Gasteiger partial charge in [-0.05, 0) is 53.5 Å². The fourth-order valence-electron chi connectivity index (χ4n) is 5.60. The number of benzene rings is 3. The van der Waals surface area contributed by atoms with E-state index in [0.717, 1.165) is 38.9 Å². The van der Waals surface area contributed by atoms with Crippen LogP contribution in [0.3, 0.4) is 0 Å². The van der Waals surface area contributed by atoms with Crippen LogP contribution in [0.25, 0.3) is 27.6 Å². The van der Waals surface area contributed by atoms with Gasteiger partial charge in [-0.3, -0.25) is 4.99 Å². The van der Waals surface area contributed by atoms with Crippen molar-refractivity contribution in [3.05, 3.63) is 95.2 Å².